The summed E-state index contributed by atoms with van der Waals surface area (Å²) in [5.74, 6) is -0.0989. The van der Waals surface area contributed by atoms with Gasteiger partial charge in [0.2, 0.25) is 0 Å². The van der Waals surface area contributed by atoms with E-state index >= 15 is 0 Å². The summed E-state index contributed by atoms with van der Waals surface area (Å²) in [6.45, 7) is 0. The van der Waals surface area contributed by atoms with E-state index in [0.29, 0.717) is 44.7 Å². The summed E-state index contributed by atoms with van der Waals surface area (Å²) in [5.41, 5.74) is 8.68. The van der Waals surface area contributed by atoms with Crippen molar-refractivity contribution in [1.82, 2.24) is 9.55 Å². The molecule has 0 saturated heterocycles. The SMILES string of the molecule is Cn1cncc1C(N)(c1ccc(C#N)cc1)c1cc2cc([N+](=O)[O-])cc(-c3ccc(F)cc3)c2o1. The number of fused-ring (bicyclic) bond motifs is 1. The largest absolute Gasteiger partial charge is 0.458 e. The lowest BCUT2D eigenvalue weighted by molar-refractivity contribution is -0.384. The van der Waals surface area contributed by atoms with Crippen molar-refractivity contribution in [1.29, 1.82) is 5.26 Å². The van der Waals surface area contributed by atoms with E-state index in [1.807, 2.05) is 0 Å². The number of nitro benzene ring substituents is 1. The molecule has 1 unspecified atom stereocenters. The van der Waals surface area contributed by atoms with Crippen LogP contribution in [0.25, 0.3) is 22.1 Å². The second-order valence-corrected chi connectivity index (χ2v) is 8.17. The number of aryl methyl sites for hydroxylation is 1. The van der Waals surface area contributed by atoms with Crippen molar-refractivity contribution in [3.05, 3.63) is 118 Å². The molecule has 0 saturated carbocycles. The molecule has 5 aromatic rings. The summed E-state index contributed by atoms with van der Waals surface area (Å²) in [5, 5.41) is 21.3. The molecule has 0 aliphatic carbocycles. The Hall–Kier alpha value is -4.81. The lowest BCUT2D eigenvalue weighted by atomic mass is 9.84. The fraction of sp³-hybridized carbons (Fsp3) is 0.0769. The summed E-state index contributed by atoms with van der Waals surface area (Å²) in [6.07, 6.45) is 3.23. The highest BCUT2D eigenvalue weighted by molar-refractivity contribution is 5.95. The number of imidazole rings is 1. The number of hydrogen-bond donors (Lipinski definition) is 1. The first-order valence-corrected chi connectivity index (χ1v) is 10.6. The zero-order valence-electron chi connectivity index (χ0n) is 18.5. The maximum atomic E-state index is 13.5. The third-order valence-corrected chi connectivity index (χ3v) is 6.05. The van der Waals surface area contributed by atoms with Gasteiger partial charge < -0.3 is 14.7 Å². The maximum Gasteiger partial charge on any atom is 0.270 e. The zero-order chi connectivity index (χ0) is 24.7. The number of hydrogen-bond acceptors (Lipinski definition) is 6. The quantitative estimate of drug-likeness (QED) is 0.286. The number of nitriles is 1. The van der Waals surface area contributed by atoms with Gasteiger partial charge in [-0.1, -0.05) is 24.3 Å². The number of nitrogens with zero attached hydrogens (tertiary/aromatic N) is 4. The van der Waals surface area contributed by atoms with Crippen LogP contribution in [-0.2, 0) is 12.6 Å². The second kappa shape index (κ2) is 8.20. The van der Waals surface area contributed by atoms with Crippen molar-refractivity contribution in [2.75, 3.05) is 0 Å². The maximum absolute atomic E-state index is 13.5. The predicted molar refractivity (Wildman–Crippen MR) is 127 cm³/mol. The lowest BCUT2D eigenvalue weighted by Crippen LogP contribution is -2.40. The Morgan fingerprint density at radius 2 is 1.86 bits per heavy atom. The Balaban J connectivity index is 1.80. The van der Waals surface area contributed by atoms with Crippen LogP contribution in [0.15, 0.2) is 83.7 Å². The highest BCUT2D eigenvalue weighted by atomic mass is 19.1. The van der Waals surface area contributed by atoms with Crippen LogP contribution >= 0.6 is 0 Å². The van der Waals surface area contributed by atoms with Gasteiger partial charge in [-0.2, -0.15) is 5.26 Å². The third kappa shape index (κ3) is 3.62. The van der Waals surface area contributed by atoms with E-state index in [1.54, 1.807) is 54.5 Å². The fourth-order valence-corrected chi connectivity index (χ4v) is 4.24. The minimum Gasteiger partial charge on any atom is -0.458 e. The molecule has 2 N–H and O–H groups in total. The molecular weight excluding hydrogens is 449 g/mol. The number of aromatic nitrogens is 2. The molecule has 35 heavy (non-hydrogen) atoms. The number of nitrogens with two attached hydrogens (primary N) is 1. The van der Waals surface area contributed by atoms with Gasteiger partial charge in [-0.05, 0) is 41.5 Å². The van der Waals surface area contributed by atoms with Crippen molar-refractivity contribution >= 4 is 16.7 Å². The molecule has 172 valence electrons. The Morgan fingerprint density at radius 1 is 1.14 bits per heavy atom. The van der Waals surface area contributed by atoms with Crippen LogP contribution in [0.3, 0.4) is 0 Å². The van der Waals surface area contributed by atoms with E-state index in [0.717, 1.165) is 0 Å². The monoisotopic (exact) mass is 467 g/mol. The van der Waals surface area contributed by atoms with E-state index in [4.69, 9.17) is 10.2 Å². The average Bonchev–Trinajstić information content (AvgIpc) is 3.50. The standard InChI is InChI=1S/C26H18FN5O3/c1-31-15-30-14-23(31)26(29,19-6-2-16(13-28)3-7-19)24-11-18-10-21(32(33)34)12-22(25(18)35-24)17-4-8-20(27)9-5-17/h2-12,14-15H,29H2,1H3. The van der Waals surface area contributed by atoms with E-state index in [-0.39, 0.29) is 5.69 Å². The smallest absolute Gasteiger partial charge is 0.270 e. The van der Waals surface area contributed by atoms with E-state index in [9.17, 15) is 19.8 Å². The van der Waals surface area contributed by atoms with Crippen molar-refractivity contribution in [3.63, 3.8) is 0 Å². The molecule has 8 nitrogen and oxygen atoms in total. The minimum absolute atomic E-state index is 0.134. The number of nitro groups is 1. The molecule has 2 aromatic heterocycles. The van der Waals surface area contributed by atoms with Crippen molar-refractivity contribution in [3.8, 4) is 17.2 Å². The fourth-order valence-electron chi connectivity index (χ4n) is 4.24. The van der Waals surface area contributed by atoms with Crippen molar-refractivity contribution < 1.29 is 13.7 Å². The first kappa shape index (κ1) is 22.0. The first-order chi connectivity index (χ1) is 16.8. The highest BCUT2D eigenvalue weighted by Gasteiger charge is 2.38. The summed E-state index contributed by atoms with van der Waals surface area (Å²) in [7, 11) is 1.80. The van der Waals surface area contributed by atoms with Gasteiger partial charge in [0.25, 0.3) is 5.69 Å². The van der Waals surface area contributed by atoms with Crippen LogP contribution in [-0.4, -0.2) is 14.5 Å². The number of non-ortho nitro benzene ring substituents is 1. The topological polar surface area (TPSA) is 124 Å². The summed E-state index contributed by atoms with van der Waals surface area (Å²) in [6, 6.07) is 19.0. The summed E-state index contributed by atoms with van der Waals surface area (Å²) in [4.78, 5) is 15.4. The van der Waals surface area contributed by atoms with Crippen LogP contribution in [0.4, 0.5) is 10.1 Å². The molecule has 0 aliphatic rings. The van der Waals surface area contributed by atoms with Gasteiger partial charge in [0.05, 0.1) is 34.8 Å². The molecule has 0 amide bonds. The summed E-state index contributed by atoms with van der Waals surface area (Å²) >= 11 is 0. The number of halogens is 1. The van der Waals surface area contributed by atoms with Gasteiger partial charge in [-0.15, -0.1) is 0 Å². The number of benzene rings is 3. The first-order valence-electron chi connectivity index (χ1n) is 10.6. The van der Waals surface area contributed by atoms with Crippen LogP contribution in [0.2, 0.25) is 0 Å². The van der Waals surface area contributed by atoms with Gasteiger partial charge in [-0.25, -0.2) is 9.37 Å². The van der Waals surface area contributed by atoms with E-state index in [2.05, 4.69) is 11.1 Å². The highest BCUT2D eigenvalue weighted by Crippen LogP contribution is 2.41. The predicted octanol–water partition coefficient (Wildman–Crippen LogP) is 5.00. The van der Waals surface area contributed by atoms with Crippen LogP contribution in [0.1, 0.15) is 22.6 Å². The zero-order valence-corrected chi connectivity index (χ0v) is 18.5. The number of rotatable bonds is 5. The van der Waals surface area contributed by atoms with Crippen LogP contribution in [0, 0.1) is 27.3 Å². The molecule has 3 aromatic carbocycles. The lowest BCUT2D eigenvalue weighted by Gasteiger charge is -2.28. The van der Waals surface area contributed by atoms with Crippen LogP contribution < -0.4 is 5.73 Å². The Morgan fingerprint density at radius 3 is 2.46 bits per heavy atom. The molecule has 0 aliphatic heterocycles. The average molecular weight is 467 g/mol. The summed E-state index contributed by atoms with van der Waals surface area (Å²) < 4.78 is 21.6. The van der Waals surface area contributed by atoms with Crippen molar-refractivity contribution in [2.24, 2.45) is 12.8 Å². The normalized spacial score (nSPS) is 12.9. The molecular formula is C26H18FN5O3. The molecule has 0 spiro atoms. The molecule has 5 rings (SSSR count). The molecule has 2 heterocycles. The van der Waals surface area contributed by atoms with E-state index in [1.165, 1.54) is 36.4 Å². The molecule has 0 fully saturated rings. The third-order valence-electron chi connectivity index (χ3n) is 6.05. The minimum atomic E-state index is -1.33. The Bertz CT molecular complexity index is 1610. The van der Waals surface area contributed by atoms with Crippen LogP contribution in [0.5, 0.6) is 0 Å². The molecule has 1 atom stereocenters. The Labute approximate surface area is 198 Å². The van der Waals surface area contributed by atoms with E-state index < -0.39 is 16.3 Å². The van der Waals surface area contributed by atoms with Crippen molar-refractivity contribution in [2.45, 2.75) is 5.54 Å². The number of furan rings is 1. The van der Waals surface area contributed by atoms with Gasteiger partial charge in [0.15, 0.2) is 0 Å². The Kier molecular flexibility index (Phi) is 5.16. The molecule has 0 radical (unpaired) electrons. The van der Waals surface area contributed by atoms with Gasteiger partial charge in [-0.3, -0.25) is 10.1 Å². The second-order valence-electron chi connectivity index (χ2n) is 8.17. The van der Waals surface area contributed by atoms with Gasteiger partial charge in [0.1, 0.15) is 22.7 Å². The van der Waals surface area contributed by atoms with Gasteiger partial charge in [0, 0.05) is 30.1 Å². The van der Waals surface area contributed by atoms with Gasteiger partial charge >= 0.3 is 0 Å². The molecule has 0 bridgehead atoms. The molecule has 9 heteroatoms.